The molecule has 0 bridgehead atoms. The fourth-order valence-electron chi connectivity index (χ4n) is 4.36. The Bertz CT molecular complexity index is 1390. The van der Waals surface area contributed by atoms with Crippen molar-refractivity contribution < 1.29 is 14.7 Å². The summed E-state index contributed by atoms with van der Waals surface area (Å²) in [4.78, 5) is 35.3. The zero-order valence-electron chi connectivity index (χ0n) is 18.8. The van der Waals surface area contributed by atoms with E-state index < -0.39 is 5.97 Å². The fraction of sp³-hybridized carbons (Fsp3) is 0.240. The van der Waals surface area contributed by atoms with E-state index in [0.717, 1.165) is 34.4 Å². The maximum absolute atomic E-state index is 13.2. The summed E-state index contributed by atoms with van der Waals surface area (Å²) in [5.41, 5.74) is 3.11. The van der Waals surface area contributed by atoms with E-state index in [4.69, 9.17) is 4.98 Å². The molecule has 4 aromatic rings. The summed E-state index contributed by atoms with van der Waals surface area (Å²) in [6.45, 7) is 1.71. The van der Waals surface area contributed by atoms with Gasteiger partial charge in [-0.15, -0.1) is 0 Å². The van der Waals surface area contributed by atoms with Crippen LogP contribution in [0, 0.1) is 0 Å². The van der Waals surface area contributed by atoms with Gasteiger partial charge in [-0.05, 0) is 58.6 Å². The van der Waals surface area contributed by atoms with E-state index in [1.54, 1.807) is 33.9 Å². The SMILES string of the molecule is O=C(O)c1cccc(C(=O)N2CCCC(c3cc(NCc4cccnc4)n4ncc(Br)c4n3)C2)c1. The van der Waals surface area contributed by atoms with Gasteiger partial charge in [-0.2, -0.15) is 9.61 Å². The highest BCUT2D eigenvalue weighted by molar-refractivity contribution is 9.10. The summed E-state index contributed by atoms with van der Waals surface area (Å²) in [7, 11) is 0. The molecule has 1 amide bonds. The number of nitrogens with zero attached hydrogens (tertiary/aromatic N) is 5. The molecule has 1 unspecified atom stereocenters. The molecule has 3 aromatic heterocycles. The van der Waals surface area contributed by atoms with Gasteiger partial charge in [0.25, 0.3) is 5.91 Å². The Labute approximate surface area is 209 Å². The van der Waals surface area contributed by atoms with E-state index in [2.05, 4.69) is 31.3 Å². The molecular formula is C25H23BrN6O3. The Kier molecular flexibility index (Phi) is 6.45. The third-order valence-electron chi connectivity index (χ3n) is 6.13. The Hall–Kier alpha value is -3.79. The standard InChI is InChI=1S/C25H23BrN6O3/c26-20-14-29-32-22(28-13-16-4-2-8-27-12-16)11-21(30-23(20)32)19-7-3-9-31(15-19)24(33)17-5-1-6-18(10-17)25(34)35/h1-2,4-6,8,10-12,14,19,28H,3,7,9,13,15H2,(H,34,35). The van der Waals surface area contributed by atoms with Crippen molar-refractivity contribution in [2.75, 3.05) is 18.4 Å². The van der Waals surface area contributed by atoms with E-state index >= 15 is 0 Å². The minimum atomic E-state index is -1.05. The molecule has 0 saturated carbocycles. The molecule has 4 heterocycles. The highest BCUT2D eigenvalue weighted by Gasteiger charge is 2.28. The lowest BCUT2D eigenvalue weighted by Gasteiger charge is -2.33. The van der Waals surface area contributed by atoms with Crippen LogP contribution in [0.1, 0.15) is 50.7 Å². The van der Waals surface area contributed by atoms with Crippen LogP contribution in [-0.4, -0.2) is 54.6 Å². The fourth-order valence-corrected chi connectivity index (χ4v) is 4.70. The number of rotatable bonds is 6. The van der Waals surface area contributed by atoms with Crippen LogP contribution in [-0.2, 0) is 6.54 Å². The van der Waals surface area contributed by atoms with Crippen LogP contribution in [0.5, 0.6) is 0 Å². The Balaban J connectivity index is 1.40. The average molecular weight is 535 g/mol. The number of anilines is 1. The van der Waals surface area contributed by atoms with E-state index in [1.165, 1.54) is 12.1 Å². The second-order valence-electron chi connectivity index (χ2n) is 8.49. The van der Waals surface area contributed by atoms with Crippen molar-refractivity contribution in [1.82, 2.24) is 24.5 Å². The van der Waals surface area contributed by atoms with Gasteiger partial charge in [-0.1, -0.05) is 12.1 Å². The monoisotopic (exact) mass is 534 g/mol. The number of aromatic nitrogens is 4. The second kappa shape index (κ2) is 9.83. The van der Waals surface area contributed by atoms with Gasteiger partial charge in [0.2, 0.25) is 0 Å². The number of carbonyl (C=O) groups excluding carboxylic acids is 1. The summed E-state index contributed by atoms with van der Waals surface area (Å²) in [6.07, 6.45) is 7.00. The Morgan fingerprint density at radius 2 is 2.00 bits per heavy atom. The number of aromatic carboxylic acids is 1. The first-order chi connectivity index (χ1) is 17.0. The van der Waals surface area contributed by atoms with Crippen molar-refractivity contribution in [3.63, 3.8) is 0 Å². The maximum Gasteiger partial charge on any atom is 0.335 e. The quantitative estimate of drug-likeness (QED) is 0.380. The van der Waals surface area contributed by atoms with Crippen molar-refractivity contribution >= 4 is 39.3 Å². The van der Waals surface area contributed by atoms with E-state index in [0.29, 0.717) is 30.8 Å². The molecule has 35 heavy (non-hydrogen) atoms. The Morgan fingerprint density at radius 3 is 2.80 bits per heavy atom. The highest BCUT2D eigenvalue weighted by atomic mass is 79.9. The smallest absolute Gasteiger partial charge is 0.335 e. The van der Waals surface area contributed by atoms with E-state index in [1.807, 2.05) is 24.4 Å². The van der Waals surface area contributed by atoms with Gasteiger partial charge in [-0.3, -0.25) is 9.78 Å². The van der Waals surface area contributed by atoms with Gasteiger partial charge < -0.3 is 15.3 Å². The number of pyridine rings is 1. The zero-order chi connectivity index (χ0) is 24.4. The lowest BCUT2D eigenvalue weighted by molar-refractivity contribution is 0.0697. The number of fused-ring (bicyclic) bond motifs is 1. The number of carboxylic acid groups (broad SMARTS) is 1. The molecule has 1 atom stereocenters. The van der Waals surface area contributed by atoms with Crippen LogP contribution in [0.4, 0.5) is 5.82 Å². The number of nitrogens with one attached hydrogen (secondary N) is 1. The lowest BCUT2D eigenvalue weighted by Crippen LogP contribution is -2.39. The van der Waals surface area contributed by atoms with E-state index in [9.17, 15) is 14.7 Å². The number of hydrogen-bond acceptors (Lipinski definition) is 6. The number of carbonyl (C=O) groups is 2. The third-order valence-corrected chi connectivity index (χ3v) is 6.69. The predicted molar refractivity (Wildman–Crippen MR) is 134 cm³/mol. The molecule has 1 aliphatic rings. The van der Waals surface area contributed by atoms with Crippen LogP contribution in [0.25, 0.3) is 5.65 Å². The molecule has 0 radical (unpaired) electrons. The number of amides is 1. The van der Waals surface area contributed by atoms with Gasteiger partial charge in [-0.25, -0.2) is 9.78 Å². The number of hydrogen-bond donors (Lipinski definition) is 2. The predicted octanol–water partition coefficient (Wildman–Crippen LogP) is 4.22. The molecule has 9 nitrogen and oxygen atoms in total. The third kappa shape index (κ3) is 4.88. The number of piperidine rings is 1. The summed E-state index contributed by atoms with van der Waals surface area (Å²) >= 11 is 3.54. The molecule has 0 spiro atoms. The molecule has 0 aliphatic carbocycles. The van der Waals surface area contributed by atoms with Crippen LogP contribution in [0.3, 0.4) is 0 Å². The van der Waals surface area contributed by atoms with Crippen molar-refractivity contribution in [2.45, 2.75) is 25.3 Å². The number of benzene rings is 1. The second-order valence-corrected chi connectivity index (χ2v) is 9.34. The van der Waals surface area contributed by atoms with E-state index in [-0.39, 0.29) is 17.4 Å². The Morgan fingerprint density at radius 1 is 1.14 bits per heavy atom. The first kappa shape index (κ1) is 23.0. The van der Waals surface area contributed by atoms with Crippen LogP contribution < -0.4 is 5.32 Å². The summed E-state index contributed by atoms with van der Waals surface area (Å²) in [6, 6.07) is 12.1. The molecule has 1 aromatic carbocycles. The molecule has 5 rings (SSSR count). The first-order valence-electron chi connectivity index (χ1n) is 11.3. The first-order valence-corrected chi connectivity index (χ1v) is 12.1. The van der Waals surface area contributed by atoms with Crippen LogP contribution >= 0.6 is 15.9 Å². The molecule has 2 N–H and O–H groups in total. The van der Waals surface area contributed by atoms with Crippen LogP contribution in [0.15, 0.2) is 65.5 Å². The number of halogens is 1. The van der Waals surface area contributed by atoms with Crippen molar-refractivity contribution in [3.05, 3.63) is 87.9 Å². The minimum absolute atomic E-state index is 0.0427. The maximum atomic E-state index is 13.2. The molecule has 178 valence electrons. The molecular weight excluding hydrogens is 512 g/mol. The molecule has 1 aliphatic heterocycles. The van der Waals surface area contributed by atoms with Gasteiger partial charge in [0.05, 0.1) is 21.9 Å². The van der Waals surface area contributed by atoms with Gasteiger partial charge in [0.1, 0.15) is 5.82 Å². The van der Waals surface area contributed by atoms with Crippen LogP contribution in [0.2, 0.25) is 0 Å². The minimum Gasteiger partial charge on any atom is -0.478 e. The normalized spacial score (nSPS) is 15.8. The van der Waals surface area contributed by atoms with Gasteiger partial charge in [0, 0.05) is 49.6 Å². The topological polar surface area (TPSA) is 113 Å². The average Bonchev–Trinajstić information content (AvgIpc) is 3.28. The zero-order valence-corrected chi connectivity index (χ0v) is 20.4. The van der Waals surface area contributed by atoms with Crippen molar-refractivity contribution in [3.8, 4) is 0 Å². The molecule has 10 heteroatoms. The molecule has 1 fully saturated rings. The summed E-state index contributed by atoms with van der Waals surface area (Å²) < 4.78 is 2.55. The molecule has 1 saturated heterocycles. The summed E-state index contributed by atoms with van der Waals surface area (Å²) in [5, 5.41) is 17.1. The lowest BCUT2D eigenvalue weighted by atomic mass is 9.93. The van der Waals surface area contributed by atoms with Gasteiger partial charge in [0.15, 0.2) is 5.65 Å². The highest BCUT2D eigenvalue weighted by Crippen LogP contribution is 2.30. The van der Waals surface area contributed by atoms with Crippen molar-refractivity contribution in [1.29, 1.82) is 0 Å². The number of likely N-dealkylation sites (tertiary alicyclic amines) is 1. The summed E-state index contributed by atoms with van der Waals surface area (Å²) in [5.74, 6) is -0.371. The van der Waals surface area contributed by atoms with Crippen molar-refractivity contribution in [2.24, 2.45) is 0 Å². The largest absolute Gasteiger partial charge is 0.478 e. The van der Waals surface area contributed by atoms with Gasteiger partial charge >= 0.3 is 5.97 Å². The number of carboxylic acids is 1.